The summed E-state index contributed by atoms with van der Waals surface area (Å²) in [4.78, 5) is 2.42. The molecule has 0 aromatic heterocycles. The number of morpholine rings is 1. The number of oxime groups is 1. The Morgan fingerprint density at radius 2 is 2.00 bits per heavy atom. The third-order valence-electron chi connectivity index (χ3n) is 2.78. The maximum Gasteiger partial charge on any atom is 0.139 e. The van der Waals surface area contributed by atoms with Crippen molar-refractivity contribution in [2.24, 2.45) is 10.9 Å². The fourth-order valence-corrected chi connectivity index (χ4v) is 2.16. The summed E-state index contributed by atoms with van der Waals surface area (Å²) >= 11 is 0. The molecule has 1 aliphatic rings. The van der Waals surface area contributed by atoms with E-state index in [1.54, 1.807) is 0 Å². The second kappa shape index (κ2) is 6.70. The van der Waals surface area contributed by atoms with Crippen LogP contribution in [0.1, 0.15) is 33.1 Å². The van der Waals surface area contributed by atoms with E-state index in [1.807, 2.05) is 0 Å². The normalized spacial score (nSPS) is 28.2. The molecule has 1 aliphatic heterocycles. The van der Waals surface area contributed by atoms with Gasteiger partial charge >= 0.3 is 0 Å². The topological polar surface area (TPSA) is 71.1 Å². The molecule has 0 saturated carbocycles. The molecule has 1 heterocycles. The van der Waals surface area contributed by atoms with E-state index in [1.165, 1.54) is 0 Å². The van der Waals surface area contributed by atoms with Crippen molar-refractivity contribution in [3.05, 3.63) is 0 Å². The molecule has 2 atom stereocenters. The highest BCUT2D eigenvalue weighted by Crippen LogP contribution is 2.11. The molecule has 1 rings (SSSR count). The number of rotatable bonds is 5. The zero-order valence-electron chi connectivity index (χ0n) is 10.2. The van der Waals surface area contributed by atoms with Crippen LogP contribution in [-0.2, 0) is 4.74 Å². The largest absolute Gasteiger partial charge is 0.409 e. The van der Waals surface area contributed by atoms with Gasteiger partial charge in [0.25, 0.3) is 0 Å². The molecule has 5 heteroatoms. The third kappa shape index (κ3) is 4.81. The lowest BCUT2D eigenvalue weighted by molar-refractivity contribution is -0.0681. The van der Waals surface area contributed by atoms with Gasteiger partial charge in [-0.2, -0.15) is 0 Å². The van der Waals surface area contributed by atoms with E-state index in [4.69, 9.17) is 15.7 Å². The lowest BCUT2D eigenvalue weighted by atomic mass is 10.2. The van der Waals surface area contributed by atoms with Crippen molar-refractivity contribution < 1.29 is 9.94 Å². The van der Waals surface area contributed by atoms with Crippen LogP contribution >= 0.6 is 0 Å². The molecule has 1 fully saturated rings. The molecule has 16 heavy (non-hydrogen) atoms. The number of hydrogen-bond acceptors (Lipinski definition) is 4. The first-order valence-electron chi connectivity index (χ1n) is 5.96. The predicted octanol–water partition coefficient (Wildman–Crippen LogP) is 1.01. The van der Waals surface area contributed by atoms with Gasteiger partial charge in [-0.15, -0.1) is 0 Å². The minimum Gasteiger partial charge on any atom is -0.409 e. The van der Waals surface area contributed by atoms with Crippen LogP contribution in [0.5, 0.6) is 0 Å². The minimum atomic E-state index is 0.323. The number of ether oxygens (including phenoxy) is 1. The van der Waals surface area contributed by atoms with Crippen molar-refractivity contribution in [3.8, 4) is 0 Å². The summed E-state index contributed by atoms with van der Waals surface area (Å²) in [6.07, 6.45) is 3.37. The Morgan fingerprint density at radius 1 is 1.38 bits per heavy atom. The lowest BCUT2D eigenvalue weighted by Crippen LogP contribution is -2.45. The van der Waals surface area contributed by atoms with Gasteiger partial charge in [-0.05, 0) is 33.2 Å². The number of unbranched alkanes of at least 4 members (excludes halogenated alkanes) is 1. The summed E-state index contributed by atoms with van der Waals surface area (Å²) in [5.41, 5.74) is 5.40. The van der Waals surface area contributed by atoms with Crippen LogP contribution in [-0.4, -0.2) is 47.8 Å². The Kier molecular flexibility index (Phi) is 5.55. The average Bonchev–Trinajstić information content (AvgIpc) is 2.22. The Labute approximate surface area is 97.2 Å². The van der Waals surface area contributed by atoms with Crippen molar-refractivity contribution in [2.75, 3.05) is 19.6 Å². The molecule has 0 aromatic rings. The maximum absolute atomic E-state index is 8.39. The summed E-state index contributed by atoms with van der Waals surface area (Å²) in [5, 5.41) is 11.3. The number of nitrogens with two attached hydrogens (primary N) is 1. The Balaban J connectivity index is 2.12. The third-order valence-corrected chi connectivity index (χ3v) is 2.78. The van der Waals surface area contributed by atoms with E-state index in [0.717, 1.165) is 32.5 Å². The second-order valence-electron chi connectivity index (χ2n) is 4.57. The molecule has 1 saturated heterocycles. The van der Waals surface area contributed by atoms with E-state index >= 15 is 0 Å². The molecule has 0 aliphatic carbocycles. The van der Waals surface area contributed by atoms with Gasteiger partial charge < -0.3 is 15.7 Å². The average molecular weight is 229 g/mol. The van der Waals surface area contributed by atoms with E-state index in [9.17, 15) is 0 Å². The lowest BCUT2D eigenvalue weighted by Gasteiger charge is -2.35. The minimum absolute atomic E-state index is 0.323. The van der Waals surface area contributed by atoms with Crippen molar-refractivity contribution >= 4 is 5.84 Å². The van der Waals surface area contributed by atoms with Crippen LogP contribution in [0.3, 0.4) is 0 Å². The highest BCUT2D eigenvalue weighted by Gasteiger charge is 2.21. The summed E-state index contributed by atoms with van der Waals surface area (Å²) in [7, 11) is 0. The molecule has 0 amide bonds. The number of hydrogen-bond donors (Lipinski definition) is 2. The van der Waals surface area contributed by atoms with Gasteiger partial charge in [-0.3, -0.25) is 4.90 Å². The molecular weight excluding hydrogens is 206 g/mol. The Morgan fingerprint density at radius 3 is 2.56 bits per heavy atom. The Hall–Kier alpha value is -0.810. The van der Waals surface area contributed by atoms with Crippen LogP contribution < -0.4 is 5.73 Å². The maximum atomic E-state index is 8.39. The van der Waals surface area contributed by atoms with Gasteiger partial charge in [-0.1, -0.05) is 5.16 Å². The first-order valence-corrected chi connectivity index (χ1v) is 5.96. The van der Waals surface area contributed by atoms with Crippen LogP contribution in [0.2, 0.25) is 0 Å². The van der Waals surface area contributed by atoms with Gasteiger partial charge in [0.05, 0.1) is 12.2 Å². The van der Waals surface area contributed by atoms with Crippen molar-refractivity contribution in [1.29, 1.82) is 0 Å². The van der Waals surface area contributed by atoms with Crippen molar-refractivity contribution in [2.45, 2.75) is 45.3 Å². The fourth-order valence-electron chi connectivity index (χ4n) is 2.16. The van der Waals surface area contributed by atoms with Gasteiger partial charge in [0.1, 0.15) is 5.84 Å². The van der Waals surface area contributed by atoms with E-state index in [-0.39, 0.29) is 0 Å². The SMILES string of the molecule is C[C@@H]1CN(CCCCC(N)=NO)C[C@H](C)O1. The summed E-state index contributed by atoms with van der Waals surface area (Å²) < 4.78 is 5.66. The smallest absolute Gasteiger partial charge is 0.139 e. The van der Waals surface area contributed by atoms with Gasteiger partial charge in [0, 0.05) is 19.5 Å². The number of amidine groups is 1. The highest BCUT2D eigenvalue weighted by atomic mass is 16.5. The molecule has 0 aromatic carbocycles. The monoisotopic (exact) mass is 229 g/mol. The molecule has 0 spiro atoms. The van der Waals surface area contributed by atoms with Crippen LogP contribution in [0, 0.1) is 0 Å². The van der Waals surface area contributed by atoms with Gasteiger partial charge in [0.2, 0.25) is 0 Å². The summed E-state index contributed by atoms with van der Waals surface area (Å²) in [6.45, 7) is 7.30. The Bertz CT molecular complexity index is 223. The zero-order valence-corrected chi connectivity index (χ0v) is 10.2. The quantitative estimate of drug-likeness (QED) is 0.243. The van der Waals surface area contributed by atoms with Gasteiger partial charge in [-0.25, -0.2) is 0 Å². The molecule has 3 N–H and O–H groups in total. The van der Waals surface area contributed by atoms with E-state index < -0.39 is 0 Å². The second-order valence-corrected chi connectivity index (χ2v) is 4.57. The summed E-state index contributed by atoms with van der Waals surface area (Å²) in [6, 6.07) is 0. The van der Waals surface area contributed by atoms with E-state index in [2.05, 4.69) is 23.9 Å². The van der Waals surface area contributed by atoms with Crippen LogP contribution in [0.25, 0.3) is 0 Å². The summed E-state index contributed by atoms with van der Waals surface area (Å²) in [5.74, 6) is 0.323. The standard InChI is InChI=1S/C11H23N3O2/c1-9-7-14(8-10(2)16-9)6-4-3-5-11(12)13-15/h9-10,15H,3-8H2,1-2H3,(H2,12,13)/t9-,10+. The molecule has 0 unspecified atom stereocenters. The molecule has 94 valence electrons. The van der Waals surface area contributed by atoms with Gasteiger partial charge in [0.15, 0.2) is 0 Å². The first kappa shape index (κ1) is 13.3. The molecule has 0 bridgehead atoms. The highest BCUT2D eigenvalue weighted by molar-refractivity contribution is 5.79. The molecule has 0 radical (unpaired) electrons. The number of nitrogens with zero attached hydrogens (tertiary/aromatic N) is 2. The molecule has 5 nitrogen and oxygen atoms in total. The van der Waals surface area contributed by atoms with Crippen LogP contribution in [0.15, 0.2) is 5.16 Å². The van der Waals surface area contributed by atoms with E-state index in [0.29, 0.717) is 24.5 Å². The van der Waals surface area contributed by atoms with Crippen molar-refractivity contribution in [1.82, 2.24) is 4.90 Å². The fraction of sp³-hybridized carbons (Fsp3) is 0.909. The molecular formula is C11H23N3O2. The first-order chi connectivity index (χ1) is 7.61. The van der Waals surface area contributed by atoms with Crippen molar-refractivity contribution in [3.63, 3.8) is 0 Å². The predicted molar refractivity (Wildman–Crippen MR) is 63.7 cm³/mol. The van der Waals surface area contributed by atoms with Crippen LogP contribution in [0.4, 0.5) is 0 Å². The zero-order chi connectivity index (χ0) is 12.0.